The van der Waals surface area contributed by atoms with Crippen molar-refractivity contribution in [3.8, 4) is 0 Å². The summed E-state index contributed by atoms with van der Waals surface area (Å²) < 4.78 is 10.7. The van der Waals surface area contributed by atoms with Crippen LogP contribution in [0.2, 0.25) is 0 Å². The fourth-order valence-corrected chi connectivity index (χ4v) is 3.23. The second-order valence-electron chi connectivity index (χ2n) is 7.04. The highest BCUT2D eigenvalue weighted by atomic mass is 16.6. The number of ether oxygens (including phenoxy) is 2. The van der Waals surface area contributed by atoms with E-state index < -0.39 is 23.6 Å². The molecule has 9 nitrogen and oxygen atoms in total. The Labute approximate surface area is 147 Å². The first-order chi connectivity index (χ1) is 11.8. The fourth-order valence-electron chi connectivity index (χ4n) is 3.23. The summed E-state index contributed by atoms with van der Waals surface area (Å²) >= 11 is 0. The van der Waals surface area contributed by atoms with Gasteiger partial charge in [0.2, 0.25) is 11.8 Å². The van der Waals surface area contributed by atoms with Crippen molar-refractivity contribution in [2.75, 3.05) is 45.9 Å². The molecule has 9 heteroatoms. The highest BCUT2D eigenvalue weighted by Crippen LogP contribution is 2.17. The van der Waals surface area contributed by atoms with Crippen molar-refractivity contribution in [3.05, 3.63) is 0 Å². The van der Waals surface area contributed by atoms with Gasteiger partial charge in [-0.05, 0) is 26.7 Å². The van der Waals surface area contributed by atoms with Gasteiger partial charge in [-0.1, -0.05) is 0 Å². The summed E-state index contributed by atoms with van der Waals surface area (Å²) in [6, 6.07) is -0.580. The molecule has 1 atom stereocenters. The molecule has 0 unspecified atom stereocenters. The first kappa shape index (κ1) is 19.5. The average molecular weight is 356 g/mol. The topological polar surface area (TPSA) is 114 Å². The zero-order valence-electron chi connectivity index (χ0n) is 15.0. The van der Waals surface area contributed by atoms with E-state index in [1.165, 1.54) is 4.90 Å². The molecule has 0 aromatic heterocycles. The number of nitrogens with one attached hydrogen (secondary N) is 1. The minimum atomic E-state index is -0.687. The Morgan fingerprint density at radius 3 is 2.56 bits per heavy atom. The Hall–Kier alpha value is -1.87. The lowest BCUT2D eigenvalue weighted by Crippen LogP contribution is -2.50. The fraction of sp³-hybridized carbons (Fsp3) is 0.812. The lowest BCUT2D eigenvalue weighted by molar-refractivity contribution is -0.136. The molecule has 3 amide bonds. The number of carbonyl (C=O) groups excluding carboxylic acids is 3. The number of alkyl carbamates (subject to hydrolysis) is 1. The maximum atomic E-state index is 12.2. The van der Waals surface area contributed by atoms with Crippen LogP contribution in [0.15, 0.2) is 0 Å². The van der Waals surface area contributed by atoms with Crippen LogP contribution in [0, 0.1) is 0 Å². The van der Waals surface area contributed by atoms with E-state index in [1.807, 2.05) is 13.8 Å². The monoisotopic (exact) mass is 356 g/mol. The van der Waals surface area contributed by atoms with Crippen LogP contribution < -0.4 is 11.1 Å². The molecule has 0 bridgehead atoms. The quantitative estimate of drug-likeness (QED) is 0.650. The molecule has 0 aromatic rings. The van der Waals surface area contributed by atoms with E-state index in [2.05, 4.69) is 10.2 Å². The van der Waals surface area contributed by atoms with Crippen LogP contribution in [0.25, 0.3) is 0 Å². The zero-order chi connectivity index (χ0) is 18.4. The van der Waals surface area contributed by atoms with Crippen LogP contribution >= 0.6 is 0 Å². The van der Waals surface area contributed by atoms with E-state index in [0.29, 0.717) is 32.7 Å². The Kier molecular flexibility index (Phi) is 6.60. The van der Waals surface area contributed by atoms with Gasteiger partial charge in [-0.3, -0.25) is 14.5 Å². The predicted molar refractivity (Wildman–Crippen MR) is 89.8 cm³/mol. The summed E-state index contributed by atoms with van der Waals surface area (Å²) in [6.45, 7) is 7.46. The molecule has 3 N–H and O–H groups in total. The Balaban J connectivity index is 1.75. The molecule has 0 aliphatic carbocycles. The molecule has 25 heavy (non-hydrogen) atoms. The maximum Gasteiger partial charge on any atom is 0.408 e. The SMILES string of the molecule is CC(C)(CN1CCOCC1)OC(=O)NCC(=O)N1CCC[C@H]1C(N)=O. The molecule has 142 valence electrons. The van der Waals surface area contributed by atoms with Crippen LogP contribution in [0.5, 0.6) is 0 Å². The molecule has 2 heterocycles. The first-order valence-corrected chi connectivity index (χ1v) is 8.64. The number of carbonyl (C=O) groups is 3. The minimum absolute atomic E-state index is 0.212. The minimum Gasteiger partial charge on any atom is -0.442 e. The average Bonchev–Trinajstić information content (AvgIpc) is 3.02. The van der Waals surface area contributed by atoms with E-state index in [0.717, 1.165) is 19.5 Å². The van der Waals surface area contributed by atoms with Crippen molar-refractivity contribution in [1.82, 2.24) is 15.1 Å². The molecule has 0 aromatic carbocycles. The molecule has 2 fully saturated rings. The van der Waals surface area contributed by atoms with Gasteiger partial charge in [0.05, 0.1) is 13.2 Å². The number of nitrogens with two attached hydrogens (primary N) is 1. The third-order valence-corrected chi connectivity index (χ3v) is 4.36. The van der Waals surface area contributed by atoms with Crippen LogP contribution in [0.3, 0.4) is 0 Å². The summed E-state index contributed by atoms with van der Waals surface area (Å²) in [5.41, 5.74) is 4.61. The highest BCUT2D eigenvalue weighted by Gasteiger charge is 2.33. The third kappa shape index (κ3) is 5.86. The lowest BCUT2D eigenvalue weighted by Gasteiger charge is -2.34. The molecule has 2 aliphatic heterocycles. The number of rotatable bonds is 6. The van der Waals surface area contributed by atoms with Crippen molar-refractivity contribution < 1.29 is 23.9 Å². The largest absolute Gasteiger partial charge is 0.442 e. The normalized spacial score (nSPS) is 21.8. The zero-order valence-corrected chi connectivity index (χ0v) is 15.0. The number of primary amides is 1. The van der Waals surface area contributed by atoms with Gasteiger partial charge in [0.25, 0.3) is 0 Å². The number of morpholine rings is 1. The number of hydrogen-bond acceptors (Lipinski definition) is 6. The Morgan fingerprint density at radius 1 is 1.24 bits per heavy atom. The molecule has 2 rings (SSSR count). The molecule has 0 spiro atoms. The van der Waals surface area contributed by atoms with Gasteiger partial charge >= 0.3 is 6.09 Å². The molecular weight excluding hydrogens is 328 g/mol. The van der Waals surface area contributed by atoms with E-state index in [1.54, 1.807) is 0 Å². The second kappa shape index (κ2) is 8.48. The van der Waals surface area contributed by atoms with Crippen LogP contribution in [-0.2, 0) is 19.1 Å². The molecular formula is C16H28N4O5. The molecule has 0 radical (unpaired) electrons. The van der Waals surface area contributed by atoms with Gasteiger partial charge in [-0.2, -0.15) is 0 Å². The number of likely N-dealkylation sites (tertiary alicyclic amines) is 1. The van der Waals surface area contributed by atoms with Crippen LogP contribution in [-0.4, -0.2) is 85.3 Å². The van der Waals surface area contributed by atoms with E-state index in [-0.39, 0.29) is 12.5 Å². The van der Waals surface area contributed by atoms with Crippen molar-refractivity contribution in [2.24, 2.45) is 5.73 Å². The lowest BCUT2D eigenvalue weighted by atomic mass is 10.1. The van der Waals surface area contributed by atoms with E-state index in [4.69, 9.17) is 15.2 Å². The highest BCUT2D eigenvalue weighted by molar-refractivity contribution is 5.89. The van der Waals surface area contributed by atoms with Crippen molar-refractivity contribution >= 4 is 17.9 Å². The first-order valence-electron chi connectivity index (χ1n) is 8.64. The predicted octanol–water partition coefficient (Wildman–Crippen LogP) is -0.700. The molecule has 2 aliphatic rings. The van der Waals surface area contributed by atoms with Gasteiger partial charge < -0.3 is 25.4 Å². The summed E-state index contributed by atoms with van der Waals surface area (Å²) in [7, 11) is 0. The standard InChI is InChI=1S/C16H28N4O5/c1-16(2,11-19-6-8-24-9-7-19)25-15(23)18-10-13(21)20-5-3-4-12(20)14(17)22/h12H,3-11H2,1-2H3,(H2,17,22)(H,18,23)/t12-/m0/s1. The van der Waals surface area contributed by atoms with Gasteiger partial charge in [-0.25, -0.2) is 4.79 Å². The van der Waals surface area contributed by atoms with Gasteiger partial charge in [-0.15, -0.1) is 0 Å². The Bertz CT molecular complexity index is 505. The summed E-state index contributed by atoms with van der Waals surface area (Å²) in [4.78, 5) is 39.1. The van der Waals surface area contributed by atoms with Crippen LogP contribution in [0.4, 0.5) is 4.79 Å². The summed E-state index contributed by atoms with van der Waals surface area (Å²) in [5.74, 6) is -0.843. The molecule has 2 saturated heterocycles. The molecule has 0 saturated carbocycles. The van der Waals surface area contributed by atoms with Gasteiger partial charge in [0.15, 0.2) is 0 Å². The number of amides is 3. The van der Waals surface area contributed by atoms with E-state index in [9.17, 15) is 14.4 Å². The van der Waals surface area contributed by atoms with Crippen molar-refractivity contribution in [2.45, 2.75) is 38.3 Å². The third-order valence-electron chi connectivity index (χ3n) is 4.36. The van der Waals surface area contributed by atoms with Gasteiger partial charge in [0, 0.05) is 26.2 Å². The Morgan fingerprint density at radius 2 is 1.92 bits per heavy atom. The summed E-state index contributed by atoms with van der Waals surface area (Å²) in [5, 5.41) is 2.46. The number of hydrogen-bond donors (Lipinski definition) is 2. The maximum absolute atomic E-state index is 12.2. The van der Waals surface area contributed by atoms with Crippen LogP contribution in [0.1, 0.15) is 26.7 Å². The van der Waals surface area contributed by atoms with Crippen molar-refractivity contribution in [1.29, 1.82) is 0 Å². The second-order valence-corrected chi connectivity index (χ2v) is 7.04. The smallest absolute Gasteiger partial charge is 0.408 e. The number of nitrogens with zero attached hydrogens (tertiary/aromatic N) is 2. The van der Waals surface area contributed by atoms with E-state index >= 15 is 0 Å². The van der Waals surface area contributed by atoms with Gasteiger partial charge in [0.1, 0.15) is 18.2 Å². The van der Waals surface area contributed by atoms with Crippen molar-refractivity contribution in [3.63, 3.8) is 0 Å². The summed E-state index contributed by atoms with van der Waals surface area (Å²) in [6.07, 6.45) is 0.649.